The number of aryl methyl sites for hydroxylation is 2. The van der Waals surface area contributed by atoms with Crippen LogP contribution in [0.1, 0.15) is 49.0 Å². The van der Waals surface area contributed by atoms with E-state index in [4.69, 9.17) is 4.98 Å². The number of nitrogens with zero attached hydrogens (tertiary/aromatic N) is 3. The molecule has 3 heterocycles. The van der Waals surface area contributed by atoms with Gasteiger partial charge in [0.25, 0.3) is 0 Å². The summed E-state index contributed by atoms with van der Waals surface area (Å²) in [4.78, 5) is 23.8. The van der Waals surface area contributed by atoms with E-state index >= 15 is 0 Å². The van der Waals surface area contributed by atoms with Crippen molar-refractivity contribution < 1.29 is 4.79 Å². The summed E-state index contributed by atoms with van der Waals surface area (Å²) in [5, 5.41) is 9.08. The molecule has 1 aliphatic heterocycles. The molecule has 136 valence electrons. The largest absolute Gasteiger partial charge is 0.302 e. The predicted molar refractivity (Wildman–Crippen MR) is 104 cm³/mol. The average Bonchev–Trinajstić information content (AvgIpc) is 3.22. The van der Waals surface area contributed by atoms with E-state index < -0.39 is 0 Å². The molecule has 0 atom stereocenters. The fourth-order valence-corrected chi connectivity index (χ4v) is 4.59. The molecule has 0 aromatic carbocycles. The van der Waals surface area contributed by atoms with Crippen LogP contribution in [0.25, 0.3) is 0 Å². The van der Waals surface area contributed by atoms with Gasteiger partial charge in [0.2, 0.25) is 5.91 Å². The van der Waals surface area contributed by atoms with Crippen LogP contribution >= 0.6 is 22.7 Å². The van der Waals surface area contributed by atoms with Crippen LogP contribution in [-0.4, -0.2) is 33.9 Å². The van der Waals surface area contributed by atoms with Crippen LogP contribution in [-0.2, 0) is 17.8 Å². The van der Waals surface area contributed by atoms with E-state index in [1.54, 1.807) is 11.3 Å². The highest BCUT2D eigenvalue weighted by Gasteiger charge is 2.25. The summed E-state index contributed by atoms with van der Waals surface area (Å²) in [6.45, 7) is 6.97. The number of unbranched alkanes of at least 4 members (excludes halogenated alkanes) is 1. The number of carbonyl (C=O) groups excluding carboxylic acids is 1. The van der Waals surface area contributed by atoms with Crippen LogP contribution in [0.3, 0.4) is 0 Å². The number of anilines is 1. The van der Waals surface area contributed by atoms with Crippen LogP contribution < -0.4 is 5.32 Å². The standard InChI is InChI=1S/C18H26N4OS2/c1-3-4-5-16-20-15(12-24-16)10-22-8-6-14(7-9-22)17(23)21-18-19-13(2)11-25-18/h11-12,14H,3-10H2,1-2H3,(H,19,21,23). The molecule has 2 aromatic heterocycles. The Morgan fingerprint density at radius 1 is 1.28 bits per heavy atom. The SMILES string of the molecule is CCCCc1nc(CN2CCC(C(=O)Nc3nc(C)cs3)CC2)cs1. The van der Waals surface area contributed by atoms with Gasteiger partial charge in [0.1, 0.15) is 0 Å². The summed E-state index contributed by atoms with van der Waals surface area (Å²) in [6, 6.07) is 0. The molecule has 1 aliphatic rings. The maximum atomic E-state index is 12.4. The number of nitrogens with one attached hydrogen (secondary N) is 1. The molecule has 1 fully saturated rings. The van der Waals surface area contributed by atoms with E-state index in [0.29, 0.717) is 5.13 Å². The van der Waals surface area contributed by atoms with Gasteiger partial charge >= 0.3 is 0 Å². The van der Waals surface area contributed by atoms with Crippen LogP contribution in [0.15, 0.2) is 10.8 Å². The third-order valence-corrected chi connectivity index (χ3v) is 6.37. The fraction of sp³-hybridized carbons (Fsp3) is 0.611. The lowest BCUT2D eigenvalue weighted by Gasteiger charge is -2.30. The van der Waals surface area contributed by atoms with Gasteiger partial charge in [-0.05, 0) is 45.7 Å². The Morgan fingerprint density at radius 3 is 2.76 bits per heavy atom. The molecule has 0 unspecified atom stereocenters. The maximum Gasteiger partial charge on any atom is 0.229 e. The van der Waals surface area contributed by atoms with Gasteiger partial charge in [0.15, 0.2) is 5.13 Å². The van der Waals surface area contributed by atoms with Crippen LogP contribution in [0.2, 0.25) is 0 Å². The summed E-state index contributed by atoms with van der Waals surface area (Å²) in [7, 11) is 0. The molecule has 0 saturated carbocycles. The lowest BCUT2D eigenvalue weighted by atomic mass is 9.96. The Kier molecular flexibility index (Phi) is 6.56. The van der Waals surface area contributed by atoms with Gasteiger partial charge in [-0.15, -0.1) is 22.7 Å². The average molecular weight is 379 g/mol. The lowest BCUT2D eigenvalue weighted by molar-refractivity contribution is -0.121. The molecule has 7 heteroatoms. The molecule has 0 aliphatic carbocycles. The Balaban J connectivity index is 1.43. The van der Waals surface area contributed by atoms with Crippen LogP contribution in [0.4, 0.5) is 5.13 Å². The van der Waals surface area contributed by atoms with E-state index in [-0.39, 0.29) is 11.8 Å². The first-order chi connectivity index (χ1) is 12.1. The molecule has 0 spiro atoms. The number of piperidine rings is 1. The first kappa shape index (κ1) is 18.5. The van der Waals surface area contributed by atoms with Crippen molar-refractivity contribution in [2.75, 3.05) is 18.4 Å². The Labute approximate surface area is 157 Å². The highest BCUT2D eigenvalue weighted by molar-refractivity contribution is 7.13. The third kappa shape index (κ3) is 5.33. The summed E-state index contributed by atoms with van der Waals surface area (Å²) < 4.78 is 0. The number of rotatable bonds is 7. The Morgan fingerprint density at radius 2 is 2.08 bits per heavy atom. The first-order valence-corrected chi connectivity index (χ1v) is 10.8. The normalized spacial score (nSPS) is 16.2. The Hall–Kier alpha value is -1.31. The second-order valence-electron chi connectivity index (χ2n) is 6.67. The quantitative estimate of drug-likeness (QED) is 0.788. The van der Waals surface area contributed by atoms with Crippen molar-refractivity contribution in [3.05, 3.63) is 27.2 Å². The molecule has 0 bridgehead atoms. The monoisotopic (exact) mass is 378 g/mol. The molecule has 0 radical (unpaired) electrons. The predicted octanol–water partition coefficient (Wildman–Crippen LogP) is 4.10. The maximum absolute atomic E-state index is 12.4. The summed E-state index contributed by atoms with van der Waals surface area (Å²) >= 11 is 3.27. The summed E-state index contributed by atoms with van der Waals surface area (Å²) in [5.74, 6) is 0.209. The number of carbonyl (C=O) groups is 1. The molecule has 1 saturated heterocycles. The zero-order valence-corrected chi connectivity index (χ0v) is 16.6. The van der Waals surface area contributed by atoms with E-state index in [0.717, 1.165) is 44.6 Å². The highest BCUT2D eigenvalue weighted by atomic mass is 32.1. The molecule has 1 N–H and O–H groups in total. The van der Waals surface area contributed by atoms with E-state index in [9.17, 15) is 4.79 Å². The fourth-order valence-electron chi connectivity index (χ4n) is 3.07. The smallest absolute Gasteiger partial charge is 0.229 e. The zero-order valence-electron chi connectivity index (χ0n) is 15.0. The second kappa shape index (κ2) is 8.87. The molecule has 1 amide bonds. The molecular weight excluding hydrogens is 352 g/mol. The van der Waals surface area contributed by atoms with Gasteiger partial charge in [-0.1, -0.05) is 13.3 Å². The Bertz CT molecular complexity index is 689. The van der Waals surface area contributed by atoms with E-state index in [1.807, 2.05) is 12.3 Å². The van der Waals surface area contributed by atoms with Crippen LogP contribution in [0.5, 0.6) is 0 Å². The van der Waals surface area contributed by atoms with Crippen molar-refractivity contribution >= 4 is 33.7 Å². The van der Waals surface area contributed by atoms with Crippen molar-refractivity contribution in [1.82, 2.24) is 14.9 Å². The van der Waals surface area contributed by atoms with E-state index in [2.05, 4.69) is 27.5 Å². The minimum atomic E-state index is 0.0935. The number of likely N-dealkylation sites (tertiary alicyclic amines) is 1. The first-order valence-electron chi connectivity index (χ1n) is 9.02. The number of hydrogen-bond donors (Lipinski definition) is 1. The van der Waals surface area contributed by atoms with E-state index in [1.165, 1.54) is 34.9 Å². The molecule has 5 nitrogen and oxygen atoms in total. The van der Waals surface area contributed by atoms with Crippen molar-refractivity contribution in [3.8, 4) is 0 Å². The molecule has 2 aromatic rings. The van der Waals surface area contributed by atoms with Gasteiger partial charge in [-0.2, -0.15) is 0 Å². The highest BCUT2D eigenvalue weighted by Crippen LogP contribution is 2.23. The summed E-state index contributed by atoms with van der Waals surface area (Å²) in [5.41, 5.74) is 2.13. The van der Waals surface area contributed by atoms with Gasteiger partial charge < -0.3 is 5.32 Å². The number of hydrogen-bond acceptors (Lipinski definition) is 6. The van der Waals surface area contributed by atoms with Crippen molar-refractivity contribution in [3.63, 3.8) is 0 Å². The minimum Gasteiger partial charge on any atom is -0.302 e. The number of amides is 1. The second-order valence-corrected chi connectivity index (χ2v) is 8.47. The molecule has 25 heavy (non-hydrogen) atoms. The third-order valence-electron chi connectivity index (χ3n) is 4.54. The zero-order chi connectivity index (χ0) is 17.6. The van der Waals surface area contributed by atoms with Gasteiger partial charge in [0.05, 0.1) is 16.4 Å². The van der Waals surface area contributed by atoms with Crippen LogP contribution in [0, 0.1) is 12.8 Å². The van der Waals surface area contributed by atoms with Gasteiger partial charge in [-0.25, -0.2) is 9.97 Å². The molecule has 3 rings (SSSR count). The van der Waals surface area contributed by atoms with Crippen molar-refractivity contribution in [1.29, 1.82) is 0 Å². The number of thiazole rings is 2. The minimum absolute atomic E-state index is 0.0935. The van der Waals surface area contributed by atoms with Gasteiger partial charge in [0, 0.05) is 23.2 Å². The topological polar surface area (TPSA) is 58.1 Å². The summed E-state index contributed by atoms with van der Waals surface area (Å²) in [6.07, 6.45) is 5.34. The molecular formula is C18H26N4OS2. The van der Waals surface area contributed by atoms with Crippen molar-refractivity contribution in [2.45, 2.75) is 52.5 Å². The van der Waals surface area contributed by atoms with Crippen molar-refractivity contribution in [2.24, 2.45) is 5.92 Å². The van der Waals surface area contributed by atoms with Gasteiger partial charge in [-0.3, -0.25) is 9.69 Å². The lowest BCUT2D eigenvalue weighted by Crippen LogP contribution is -2.37. The number of aromatic nitrogens is 2.